The minimum atomic E-state index is -0.240. The van der Waals surface area contributed by atoms with Crippen molar-refractivity contribution >= 4 is 17.5 Å². The summed E-state index contributed by atoms with van der Waals surface area (Å²) in [6.45, 7) is 7.36. The van der Waals surface area contributed by atoms with Crippen LogP contribution in [0.1, 0.15) is 22.8 Å². The van der Waals surface area contributed by atoms with E-state index in [0.717, 1.165) is 17.1 Å². The van der Waals surface area contributed by atoms with Crippen LogP contribution in [0.3, 0.4) is 0 Å². The Bertz CT molecular complexity index is 629. The minimum absolute atomic E-state index is 0.0811. The van der Waals surface area contributed by atoms with E-state index in [2.05, 4.69) is 20.8 Å². The number of nitrogens with zero attached hydrogens (tertiary/aromatic N) is 5. The first kappa shape index (κ1) is 13.5. The van der Waals surface area contributed by atoms with Crippen molar-refractivity contribution in [2.75, 3.05) is 5.43 Å². The number of amides is 1. The van der Waals surface area contributed by atoms with Crippen LogP contribution in [-0.4, -0.2) is 30.8 Å². The number of carbonyl (C=O) groups is 1. The fourth-order valence-electron chi connectivity index (χ4n) is 1.63. The van der Waals surface area contributed by atoms with Gasteiger partial charge in [0.1, 0.15) is 6.54 Å². The van der Waals surface area contributed by atoms with E-state index in [-0.39, 0.29) is 12.5 Å². The van der Waals surface area contributed by atoms with Crippen molar-refractivity contribution in [3.63, 3.8) is 0 Å². The summed E-state index contributed by atoms with van der Waals surface area (Å²) in [6, 6.07) is 0. The topological polar surface area (TPSA) is 77.6 Å². The third-order valence-corrected chi connectivity index (χ3v) is 3.49. The van der Waals surface area contributed by atoms with Crippen molar-refractivity contribution in [2.24, 2.45) is 0 Å². The fraction of sp³-hybridized carbons (Fsp3) is 0.455. The molecule has 2 heterocycles. The van der Waals surface area contributed by atoms with E-state index in [4.69, 9.17) is 11.6 Å². The van der Waals surface area contributed by atoms with Crippen LogP contribution in [0.25, 0.3) is 0 Å². The molecule has 0 spiro atoms. The summed E-state index contributed by atoms with van der Waals surface area (Å²) >= 11 is 6.03. The van der Waals surface area contributed by atoms with Crippen LogP contribution in [0, 0.1) is 27.7 Å². The molecule has 2 aromatic heterocycles. The van der Waals surface area contributed by atoms with Crippen molar-refractivity contribution in [3.05, 3.63) is 27.8 Å². The molecule has 0 bridgehead atoms. The molecule has 0 saturated carbocycles. The lowest BCUT2D eigenvalue weighted by Gasteiger charge is -2.07. The molecule has 0 atom stereocenters. The number of carbonyl (C=O) groups excluding carboxylic acids is 1. The maximum absolute atomic E-state index is 11.9. The first-order valence-electron chi connectivity index (χ1n) is 5.78. The SMILES string of the molecule is Cc1nn(CC(=O)Nn2nnc(C)c2C)c(C)c1Cl. The number of halogens is 1. The Balaban J connectivity index is 2.09. The second kappa shape index (κ2) is 5.00. The van der Waals surface area contributed by atoms with Gasteiger partial charge in [0.2, 0.25) is 0 Å². The number of hydrogen-bond donors (Lipinski definition) is 1. The molecule has 0 aliphatic carbocycles. The van der Waals surface area contributed by atoms with E-state index in [1.165, 1.54) is 4.79 Å². The molecule has 0 radical (unpaired) electrons. The number of rotatable bonds is 3. The van der Waals surface area contributed by atoms with Gasteiger partial charge < -0.3 is 0 Å². The second-order valence-corrected chi connectivity index (χ2v) is 4.73. The Hall–Kier alpha value is -1.89. The van der Waals surface area contributed by atoms with Gasteiger partial charge in [-0.2, -0.15) is 9.89 Å². The Morgan fingerprint density at radius 2 is 1.89 bits per heavy atom. The predicted molar refractivity (Wildman–Crippen MR) is 70.6 cm³/mol. The van der Waals surface area contributed by atoms with Crippen LogP contribution in [0.5, 0.6) is 0 Å². The van der Waals surface area contributed by atoms with E-state index < -0.39 is 0 Å². The maximum Gasteiger partial charge on any atom is 0.261 e. The molecule has 0 fully saturated rings. The molecule has 0 aromatic carbocycles. The largest absolute Gasteiger partial charge is 0.271 e. The molecular weight excluding hydrogens is 268 g/mol. The van der Waals surface area contributed by atoms with Gasteiger partial charge in [0.15, 0.2) is 0 Å². The lowest BCUT2D eigenvalue weighted by molar-refractivity contribution is -0.118. The smallest absolute Gasteiger partial charge is 0.261 e. The zero-order chi connectivity index (χ0) is 14.2. The third kappa shape index (κ3) is 2.60. The Kier molecular flexibility index (Phi) is 3.57. The van der Waals surface area contributed by atoms with Gasteiger partial charge in [-0.25, -0.2) is 5.43 Å². The summed E-state index contributed by atoms with van der Waals surface area (Å²) in [5.74, 6) is -0.240. The summed E-state index contributed by atoms with van der Waals surface area (Å²) < 4.78 is 1.56. The minimum Gasteiger partial charge on any atom is -0.271 e. The van der Waals surface area contributed by atoms with Crippen molar-refractivity contribution in [1.29, 1.82) is 0 Å². The normalized spacial score (nSPS) is 10.8. The first-order chi connectivity index (χ1) is 8.90. The predicted octanol–water partition coefficient (Wildman–Crippen LogP) is 1.13. The quantitative estimate of drug-likeness (QED) is 0.915. The summed E-state index contributed by atoms with van der Waals surface area (Å²) in [5.41, 5.74) is 5.67. The Morgan fingerprint density at radius 1 is 1.21 bits per heavy atom. The van der Waals surface area contributed by atoms with Crippen LogP contribution in [0.2, 0.25) is 5.02 Å². The van der Waals surface area contributed by atoms with Gasteiger partial charge in [0.25, 0.3) is 5.91 Å². The van der Waals surface area contributed by atoms with Crippen molar-refractivity contribution < 1.29 is 4.79 Å². The Labute approximate surface area is 115 Å². The van der Waals surface area contributed by atoms with Gasteiger partial charge in [0.05, 0.1) is 27.8 Å². The first-order valence-corrected chi connectivity index (χ1v) is 6.16. The molecule has 7 nitrogen and oxygen atoms in total. The number of nitrogens with one attached hydrogen (secondary N) is 1. The van der Waals surface area contributed by atoms with E-state index in [9.17, 15) is 4.79 Å². The fourth-order valence-corrected chi connectivity index (χ4v) is 1.76. The lowest BCUT2D eigenvalue weighted by Crippen LogP contribution is -2.29. The highest BCUT2D eigenvalue weighted by Gasteiger charge is 2.13. The van der Waals surface area contributed by atoms with Crippen molar-refractivity contribution in [2.45, 2.75) is 34.2 Å². The number of aromatic nitrogens is 5. The maximum atomic E-state index is 11.9. The molecule has 2 aromatic rings. The molecular formula is C11H15ClN6O. The standard InChI is InChI=1S/C11H15ClN6O/c1-6-8(3)18(16-13-6)15-10(19)5-17-9(4)11(12)7(2)14-17/h5H2,1-4H3,(H,15,19). The van der Waals surface area contributed by atoms with Crippen LogP contribution in [0.4, 0.5) is 0 Å². The third-order valence-electron chi connectivity index (χ3n) is 2.94. The molecule has 8 heteroatoms. The summed E-state index contributed by atoms with van der Waals surface area (Å²) in [6.07, 6.45) is 0. The zero-order valence-electron chi connectivity index (χ0n) is 11.2. The number of aryl methyl sites for hydroxylation is 2. The van der Waals surface area contributed by atoms with E-state index in [0.29, 0.717) is 10.7 Å². The molecule has 102 valence electrons. The average Bonchev–Trinajstić information content (AvgIpc) is 2.78. The molecule has 1 amide bonds. The van der Waals surface area contributed by atoms with E-state index in [1.54, 1.807) is 11.6 Å². The van der Waals surface area contributed by atoms with E-state index in [1.807, 2.05) is 20.8 Å². The highest BCUT2D eigenvalue weighted by atomic mass is 35.5. The van der Waals surface area contributed by atoms with Crippen molar-refractivity contribution in [1.82, 2.24) is 24.9 Å². The van der Waals surface area contributed by atoms with Gasteiger partial charge >= 0.3 is 0 Å². The highest BCUT2D eigenvalue weighted by molar-refractivity contribution is 6.31. The van der Waals surface area contributed by atoms with Crippen LogP contribution in [-0.2, 0) is 11.3 Å². The average molecular weight is 283 g/mol. The van der Waals surface area contributed by atoms with Crippen LogP contribution < -0.4 is 5.43 Å². The molecule has 0 saturated heterocycles. The summed E-state index contributed by atoms with van der Waals surface area (Å²) in [7, 11) is 0. The number of hydrogen-bond acceptors (Lipinski definition) is 4. The lowest BCUT2D eigenvalue weighted by atomic mass is 10.4. The van der Waals surface area contributed by atoms with E-state index >= 15 is 0 Å². The summed E-state index contributed by atoms with van der Waals surface area (Å²) in [4.78, 5) is 13.3. The van der Waals surface area contributed by atoms with Crippen LogP contribution >= 0.6 is 11.6 Å². The summed E-state index contributed by atoms with van der Waals surface area (Å²) in [5, 5.41) is 12.5. The monoisotopic (exact) mass is 282 g/mol. The van der Waals surface area contributed by atoms with Gasteiger partial charge in [-0.1, -0.05) is 11.6 Å². The second-order valence-electron chi connectivity index (χ2n) is 4.35. The molecule has 0 unspecified atom stereocenters. The molecule has 0 aliphatic rings. The molecule has 2 rings (SSSR count). The molecule has 19 heavy (non-hydrogen) atoms. The molecule has 1 N–H and O–H groups in total. The molecule has 0 aliphatic heterocycles. The van der Waals surface area contributed by atoms with Crippen LogP contribution in [0.15, 0.2) is 0 Å². The van der Waals surface area contributed by atoms with Crippen molar-refractivity contribution in [3.8, 4) is 0 Å². The zero-order valence-corrected chi connectivity index (χ0v) is 12.0. The van der Waals surface area contributed by atoms with Gasteiger partial charge in [0, 0.05) is 0 Å². The van der Waals surface area contributed by atoms with Gasteiger partial charge in [-0.3, -0.25) is 9.48 Å². The highest BCUT2D eigenvalue weighted by Crippen LogP contribution is 2.18. The Morgan fingerprint density at radius 3 is 2.37 bits per heavy atom. The van der Waals surface area contributed by atoms with Gasteiger partial charge in [-0.15, -0.1) is 5.10 Å². The van der Waals surface area contributed by atoms with Gasteiger partial charge in [-0.05, 0) is 32.9 Å².